The number of likely N-dealkylation sites (N-methyl/N-ethyl adjacent to an activating group) is 1. The minimum Gasteiger partial charge on any atom is -0.508 e. The summed E-state index contributed by atoms with van der Waals surface area (Å²) in [5.74, 6) is -3.50. The fraction of sp³-hybridized carbons (Fsp3) is 0.472. The number of allylic oxidation sites excluding steroid dienone is 2. The summed E-state index contributed by atoms with van der Waals surface area (Å²) < 4.78 is 5.74. The van der Waals surface area contributed by atoms with Crippen LogP contribution in [0.15, 0.2) is 60.2 Å². The number of aromatic hydroxyl groups is 1. The Bertz CT molecular complexity index is 1570. The number of amides is 4. The molecule has 12 heteroatoms. The third kappa shape index (κ3) is 8.41. The van der Waals surface area contributed by atoms with Gasteiger partial charge in [-0.3, -0.25) is 24.0 Å². The fourth-order valence-electron chi connectivity index (χ4n) is 6.50. The van der Waals surface area contributed by atoms with Crippen LogP contribution in [-0.4, -0.2) is 69.9 Å². The van der Waals surface area contributed by atoms with Gasteiger partial charge in [0, 0.05) is 30.6 Å². The van der Waals surface area contributed by atoms with E-state index in [1.807, 2.05) is 19.9 Å². The van der Waals surface area contributed by atoms with E-state index < -0.39 is 65.9 Å². The van der Waals surface area contributed by atoms with Gasteiger partial charge < -0.3 is 35.8 Å². The van der Waals surface area contributed by atoms with Crippen LogP contribution in [0.5, 0.6) is 5.75 Å². The first-order valence-electron chi connectivity index (χ1n) is 16.3. The van der Waals surface area contributed by atoms with E-state index in [-0.39, 0.29) is 29.6 Å². The maximum atomic E-state index is 14.2. The van der Waals surface area contributed by atoms with E-state index in [0.717, 1.165) is 10.5 Å². The molecule has 0 fully saturated rings. The van der Waals surface area contributed by atoms with Gasteiger partial charge in [-0.1, -0.05) is 55.8 Å². The molecule has 2 aromatic carbocycles. The predicted molar refractivity (Wildman–Crippen MR) is 178 cm³/mol. The number of hydrogen-bond acceptors (Lipinski definition) is 8. The zero-order valence-corrected chi connectivity index (χ0v) is 28.3. The van der Waals surface area contributed by atoms with E-state index in [1.165, 1.54) is 26.1 Å². The van der Waals surface area contributed by atoms with Gasteiger partial charge in [0.1, 0.15) is 17.8 Å². The second kappa shape index (κ2) is 15.0. The first-order valence-corrected chi connectivity index (χ1v) is 16.3. The van der Waals surface area contributed by atoms with Crippen LogP contribution >= 0.6 is 0 Å². The fourth-order valence-corrected chi connectivity index (χ4v) is 6.50. The molecule has 5 N–H and O–H groups in total. The van der Waals surface area contributed by atoms with Gasteiger partial charge in [0.05, 0.1) is 18.6 Å². The number of ether oxygens (including phenoxy) is 1. The number of rotatable bonds is 3. The average Bonchev–Trinajstić information content (AvgIpc) is 3.27. The number of esters is 1. The van der Waals surface area contributed by atoms with Crippen molar-refractivity contribution in [3.05, 3.63) is 71.3 Å². The van der Waals surface area contributed by atoms with Gasteiger partial charge in [0.25, 0.3) is 5.91 Å². The highest BCUT2D eigenvalue weighted by atomic mass is 16.5. The molecule has 0 unspecified atom stereocenters. The molecule has 0 spiro atoms. The van der Waals surface area contributed by atoms with E-state index in [4.69, 9.17) is 4.74 Å². The summed E-state index contributed by atoms with van der Waals surface area (Å²) in [5, 5.41) is 29.9. The van der Waals surface area contributed by atoms with Gasteiger partial charge in [-0.2, -0.15) is 0 Å². The zero-order chi connectivity index (χ0) is 35.3. The molecule has 2 heterocycles. The van der Waals surface area contributed by atoms with E-state index in [2.05, 4.69) is 16.0 Å². The Morgan fingerprint density at radius 3 is 2.27 bits per heavy atom. The number of para-hydroxylation sites is 1. The number of hydrogen-bond donors (Lipinski definition) is 5. The first-order chi connectivity index (χ1) is 22.6. The summed E-state index contributed by atoms with van der Waals surface area (Å²) in [6.07, 6.45) is 1.76. The lowest BCUT2D eigenvalue weighted by atomic mass is 9.87. The van der Waals surface area contributed by atoms with Crippen molar-refractivity contribution in [3.63, 3.8) is 0 Å². The Balaban J connectivity index is 1.74. The molecule has 0 aromatic heterocycles. The zero-order valence-electron chi connectivity index (χ0n) is 28.3. The topological polar surface area (TPSA) is 174 Å². The molecule has 12 nitrogen and oxygen atoms in total. The third-order valence-electron chi connectivity index (χ3n) is 9.00. The summed E-state index contributed by atoms with van der Waals surface area (Å²) in [5.41, 5.74) is -0.0917. The monoisotopic (exact) mass is 662 g/mol. The van der Waals surface area contributed by atoms with Crippen LogP contribution in [0.2, 0.25) is 0 Å². The number of anilines is 1. The smallest absolute Gasteiger partial charge is 0.308 e. The minimum absolute atomic E-state index is 0.0172. The molecule has 0 saturated heterocycles. The molecular formula is C36H46N4O8. The normalized spacial score (nSPS) is 30.8. The Hall–Kier alpha value is -4.71. The molecule has 258 valence electrons. The van der Waals surface area contributed by atoms with Gasteiger partial charge in [-0.15, -0.1) is 0 Å². The van der Waals surface area contributed by atoms with Crippen LogP contribution in [0.4, 0.5) is 5.69 Å². The largest absolute Gasteiger partial charge is 0.508 e. The van der Waals surface area contributed by atoms with Crippen molar-refractivity contribution >= 4 is 35.3 Å². The molecule has 2 aliphatic rings. The number of carbonyl (C=O) groups excluding carboxylic acids is 5. The molecule has 0 bridgehead atoms. The highest BCUT2D eigenvalue weighted by Gasteiger charge is 2.49. The number of phenols is 1. The van der Waals surface area contributed by atoms with Crippen molar-refractivity contribution < 1.29 is 38.9 Å². The van der Waals surface area contributed by atoms with Gasteiger partial charge >= 0.3 is 5.97 Å². The predicted octanol–water partition coefficient (Wildman–Crippen LogP) is 3.45. The summed E-state index contributed by atoms with van der Waals surface area (Å²) in [7, 11) is 1.36. The number of carbonyl (C=O) groups is 5. The standard InChI is InChI=1S/C36H46N4O8/c1-20-15-21(2)17-23(4)48-31(42)18-29(25-11-13-26(41)14-12-25)38-33(44)30(40(6)34(45)24(5)37-32(43)22(3)16-20)19-36(47)27-9-7-8-10-28(27)39-35(36)46/h7-15,21-24,29-30,41,47H,16-19H2,1-6H3,(H,37,43)(H,38,44)(H,39,46)/b20-15+/t21-,22-,23-,24-,29+,30+,36-/m0/s1. The third-order valence-corrected chi connectivity index (χ3v) is 9.00. The second-order valence-electron chi connectivity index (χ2n) is 13.2. The molecule has 2 aromatic rings. The van der Waals surface area contributed by atoms with Crippen molar-refractivity contribution in [1.29, 1.82) is 0 Å². The van der Waals surface area contributed by atoms with Crippen LogP contribution < -0.4 is 16.0 Å². The lowest BCUT2D eigenvalue weighted by Gasteiger charge is -2.35. The lowest BCUT2D eigenvalue weighted by Crippen LogP contribution is -2.56. The van der Waals surface area contributed by atoms with E-state index >= 15 is 0 Å². The molecule has 2 aliphatic heterocycles. The number of phenolic OH excluding ortho intramolecular Hbond substituents is 1. The van der Waals surface area contributed by atoms with Crippen LogP contribution in [0.25, 0.3) is 0 Å². The molecule has 48 heavy (non-hydrogen) atoms. The van der Waals surface area contributed by atoms with Crippen LogP contribution in [-0.2, 0) is 34.3 Å². The maximum Gasteiger partial charge on any atom is 0.308 e. The van der Waals surface area contributed by atoms with Crippen LogP contribution in [0.3, 0.4) is 0 Å². The summed E-state index contributed by atoms with van der Waals surface area (Å²) in [6.45, 7) is 8.97. The molecule has 0 radical (unpaired) electrons. The summed E-state index contributed by atoms with van der Waals surface area (Å²) >= 11 is 0. The highest BCUT2D eigenvalue weighted by Crippen LogP contribution is 2.40. The first kappa shape index (κ1) is 36.1. The number of aliphatic hydroxyl groups is 1. The Morgan fingerprint density at radius 1 is 0.917 bits per heavy atom. The van der Waals surface area contributed by atoms with Gasteiger partial charge in [0.15, 0.2) is 5.60 Å². The quantitative estimate of drug-likeness (QED) is 0.246. The molecule has 0 aliphatic carbocycles. The van der Waals surface area contributed by atoms with E-state index in [0.29, 0.717) is 24.1 Å². The SMILES string of the molecule is C/C1=C\[C@H](C)C[C@H](C)OC(=O)C[C@H](c2ccc(O)cc2)NC(=O)[C@@H](C[C@@]2(O)C(=O)Nc3ccccc32)N(C)C(=O)[C@H](C)NC(=O)[C@@H](C)C1. The molecular weight excluding hydrogens is 616 g/mol. The minimum atomic E-state index is -2.17. The number of nitrogens with zero attached hydrogens (tertiary/aromatic N) is 1. The number of fused-ring (bicyclic) bond motifs is 1. The van der Waals surface area contributed by atoms with Crippen molar-refractivity contribution in [2.24, 2.45) is 11.8 Å². The number of benzene rings is 2. The van der Waals surface area contributed by atoms with Crippen molar-refractivity contribution in [2.75, 3.05) is 12.4 Å². The highest BCUT2D eigenvalue weighted by molar-refractivity contribution is 6.05. The molecule has 4 amide bonds. The van der Waals surface area contributed by atoms with Gasteiger partial charge in [0.2, 0.25) is 17.7 Å². The molecule has 4 rings (SSSR count). The van der Waals surface area contributed by atoms with E-state index in [1.54, 1.807) is 50.2 Å². The Morgan fingerprint density at radius 2 is 1.58 bits per heavy atom. The number of cyclic esters (lactones) is 1. The van der Waals surface area contributed by atoms with Crippen molar-refractivity contribution in [1.82, 2.24) is 15.5 Å². The average molecular weight is 663 g/mol. The maximum absolute atomic E-state index is 14.2. The van der Waals surface area contributed by atoms with Gasteiger partial charge in [-0.25, -0.2) is 0 Å². The van der Waals surface area contributed by atoms with Crippen molar-refractivity contribution in [2.45, 2.75) is 90.1 Å². The van der Waals surface area contributed by atoms with E-state index in [9.17, 15) is 34.2 Å². The molecule has 7 atom stereocenters. The summed E-state index contributed by atoms with van der Waals surface area (Å²) in [4.78, 5) is 68.7. The molecule has 0 saturated carbocycles. The van der Waals surface area contributed by atoms with Crippen LogP contribution in [0.1, 0.15) is 77.5 Å². The summed E-state index contributed by atoms with van der Waals surface area (Å²) in [6, 6.07) is 9.03. The van der Waals surface area contributed by atoms with Gasteiger partial charge in [-0.05, 0) is 63.3 Å². The van der Waals surface area contributed by atoms with Crippen molar-refractivity contribution in [3.8, 4) is 5.75 Å². The lowest BCUT2D eigenvalue weighted by molar-refractivity contribution is -0.150. The number of nitrogens with one attached hydrogen (secondary N) is 3. The van der Waals surface area contributed by atoms with Crippen LogP contribution in [0, 0.1) is 11.8 Å². The Kier molecular flexibility index (Phi) is 11.3. The second-order valence-corrected chi connectivity index (χ2v) is 13.2. The Labute approximate surface area is 280 Å².